The molecule has 2 fully saturated rings. The zero-order chi connectivity index (χ0) is 27.4. The third kappa shape index (κ3) is 5.16. The molecule has 2 aliphatic carbocycles. The minimum absolute atomic E-state index is 0.0201. The number of anilines is 1. The number of fused-ring (bicyclic) bond motifs is 2. The summed E-state index contributed by atoms with van der Waals surface area (Å²) < 4.78 is 41.6. The van der Waals surface area contributed by atoms with Gasteiger partial charge in [-0.2, -0.15) is 0 Å². The number of halogens is 5. The van der Waals surface area contributed by atoms with Gasteiger partial charge in [0.25, 0.3) is 5.91 Å². The van der Waals surface area contributed by atoms with E-state index in [4.69, 9.17) is 28.3 Å². The molecular formula is C26H23Cl2F3N2O5. The molecule has 12 heteroatoms. The first-order chi connectivity index (χ1) is 17.9. The van der Waals surface area contributed by atoms with E-state index in [1.165, 1.54) is 12.1 Å². The fraction of sp³-hybridized carbons (Fsp3) is 0.423. The van der Waals surface area contributed by atoms with E-state index in [0.717, 1.165) is 31.4 Å². The second kappa shape index (κ2) is 9.96. The zero-order valence-corrected chi connectivity index (χ0v) is 21.4. The van der Waals surface area contributed by atoms with Gasteiger partial charge in [-0.15, -0.1) is 13.2 Å². The third-order valence-corrected chi connectivity index (χ3v) is 8.03. The van der Waals surface area contributed by atoms with Crippen LogP contribution >= 0.6 is 23.2 Å². The van der Waals surface area contributed by atoms with Gasteiger partial charge in [0.15, 0.2) is 0 Å². The van der Waals surface area contributed by atoms with Crippen LogP contribution in [0.15, 0.2) is 36.4 Å². The van der Waals surface area contributed by atoms with Gasteiger partial charge in [0.1, 0.15) is 5.75 Å². The number of nitrogens with zero attached hydrogens (tertiary/aromatic N) is 2. The topological polar surface area (TPSA) is 87.2 Å². The van der Waals surface area contributed by atoms with Crippen molar-refractivity contribution < 1.29 is 37.4 Å². The second-order valence-corrected chi connectivity index (χ2v) is 10.6. The largest absolute Gasteiger partial charge is 0.573 e. The van der Waals surface area contributed by atoms with Crippen LogP contribution in [-0.2, 0) is 9.59 Å². The van der Waals surface area contributed by atoms with Gasteiger partial charge in [0.05, 0.1) is 28.2 Å². The van der Waals surface area contributed by atoms with Crippen molar-refractivity contribution >= 4 is 46.7 Å². The fourth-order valence-corrected chi connectivity index (χ4v) is 5.77. The number of carbonyl (C=O) groups excluding carboxylic acids is 2. The van der Waals surface area contributed by atoms with Gasteiger partial charge in [0.2, 0.25) is 5.91 Å². The van der Waals surface area contributed by atoms with Crippen LogP contribution in [0.3, 0.4) is 0 Å². The highest BCUT2D eigenvalue weighted by Crippen LogP contribution is 2.55. The van der Waals surface area contributed by atoms with Crippen molar-refractivity contribution in [3.8, 4) is 5.75 Å². The molecule has 1 N–H and O–H groups in total. The predicted octanol–water partition coefficient (Wildman–Crippen LogP) is 6.23. The number of rotatable bonds is 7. The lowest BCUT2D eigenvalue weighted by molar-refractivity contribution is -0.274. The number of carboxylic acids is 1. The number of hydrogen-bond donors (Lipinski definition) is 1. The van der Waals surface area contributed by atoms with Gasteiger partial charge in [-0.1, -0.05) is 23.2 Å². The van der Waals surface area contributed by atoms with Crippen molar-refractivity contribution in [1.82, 2.24) is 4.90 Å². The Morgan fingerprint density at radius 2 is 1.66 bits per heavy atom. The normalized spacial score (nSPS) is 22.1. The van der Waals surface area contributed by atoms with Crippen molar-refractivity contribution in [2.45, 2.75) is 63.0 Å². The maximum atomic E-state index is 13.7. The standard InChI is InChI=1S/C26H23Cl2F3N2O5/c27-18-11-17-21(12-19(18)28)33(25(37)13-1-5-15(6-2-13)38-26(29,30)31)20-8-7-16(20)24(17)32(14-3-4-14)22(34)9-10-23(35)36/h1-2,5-6,11-12,14,16,20,24H,3-4,7-10H2,(H,35,36)/t16-,20+,24-/m1/s1. The number of ether oxygens (including phenoxy) is 1. The SMILES string of the molecule is O=C(O)CCC(=O)N(C1CC1)[C@H]1c2cc(Cl)c(Cl)cc2N(C(=O)c2ccc(OC(F)(F)F)cc2)[C@H]2CC[C@H]21. The van der Waals surface area contributed by atoms with E-state index < -0.39 is 30.0 Å². The van der Waals surface area contributed by atoms with Crippen molar-refractivity contribution in [2.75, 3.05) is 4.90 Å². The molecule has 5 rings (SSSR count). The predicted molar refractivity (Wildman–Crippen MR) is 132 cm³/mol. The lowest BCUT2D eigenvalue weighted by Gasteiger charge is -2.55. The van der Waals surface area contributed by atoms with E-state index in [2.05, 4.69) is 4.74 Å². The maximum Gasteiger partial charge on any atom is 0.573 e. The Morgan fingerprint density at radius 1 is 1.00 bits per heavy atom. The molecule has 38 heavy (non-hydrogen) atoms. The van der Waals surface area contributed by atoms with E-state index in [1.807, 2.05) is 0 Å². The van der Waals surface area contributed by atoms with Crippen LogP contribution in [0, 0.1) is 5.92 Å². The van der Waals surface area contributed by atoms with E-state index in [0.29, 0.717) is 17.7 Å². The van der Waals surface area contributed by atoms with E-state index in [1.54, 1.807) is 21.9 Å². The van der Waals surface area contributed by atoms with E-state index in [-0.39, 0.29) is 52.4 Å². The number of benzene rings is 2. The van der Waals surface area contributed by atoms with Crippen molar-refractivity contribution in [2.24, 2.45) is 5.92 Å². The highest BCUT2D eigenvalue weighted by molar-refractivity contribution is 6.42. The Kier molecular flexibility index (Phi) is 6.98. The Balaban J connectivity index is 1.52. The Morgan fingerprint density at radius 3 is 2.21 bits per heavy atom. The fourth-order valence-electron chi connectivity index (χ4n) is 5.44. The molecule has 3 atom stereocenters. The zero-order valence-electron chi connectivity index (χ0n) is 19.9. The molecule has 2 saturated carbocycles. The Bertz CT molecular complexity index is 1280. The molecule has 2 aromatic carbocycles. The Hall–Kier alpha value is -2.98. The van der Waals surface area contributed by atoms with Gasteiger partial charge in [-0.05, 0) is 62.1 Å². The molecule has 3 aliphatic rings. The number of carboxylic acid groups (broad SMARTS) is 1. The molecule has 2 amide bonds. The average Bonchev–Trinajstić information content (AvgIpc) is 3.65. The number of hydrogen-bond acceptors (Lipinski definition) is 4. The summed E-state index contributed by atoms with van der Waals surface area (Å²) in [6.07, 6.45) is -2.27. The summed E-state index contributed by atoms with van der Waals surface area (Å²) in [7, 11) is 0. The summed E-state index contributed by atoms with van der Waals surface area (Å²) in [6, 6.07) is 7.22. The highest BCUT2D eigenvalue weighted by atomic mass is 35.5. The minimum Gasteiger partial charge on any atom is -0.481 e. The maximum absolute atomic E-state index is 13.7. The molecule has 7 nitrogen and oxygen atoms in total. The van der Waals surface area contributed by atoms with Gasteiger partial charge < -0.3 is 19.6 Å². The number of carbonyl (C=O) groups is 3. The van der Waals surface area contributed by atoms with E-state index >= 15 is 0 Å². The monoisotopic (exact) mass is 570 g/mol. The molecule has 0 spiro atoms. The lowest BCUT2D eigenvalue weighted by atomic mass is 9.67. The first-order valence-corrected chi connectivity index (χ1v) is 12.9. The van der Waals surface area contributed by atoms with Crippen LogP contribution in [0.5, 0.6) is 5.75 Å². The molecular weight excluding hydrogens is 548 g/mol. The molecule has 0 saturated heterocycles. The van der Waals surface area contributed by atoms with Crippen LogP contribution in [0.25, 0.3) is 0 Å². The Labute approximate surface area is 226 Å². The van der Waals surface area contributed by atoms with Crippen molar-refractivity contribution in [3.63, 3.8) is 0 Å². The summed E-state index contributed by atoms with van der Waals surface area (Å²) in [4.78, 5) is 41.5. The van der Waals surface area contributed by atoms with Crippen molar-refractivity contribution in [3.05, 3.63) is 57.6 Å². The van der Waals surface area contributed by atoms with Crippen LogP contribution in [0.1, 0.15) is 60.5 Å². The number of aliphatic carboxylic acids is 1. The van der Waals surface area contributed by atoms with Gasteiger partial charge in [-0.25, -0.2) is 0 Å². The first-order valence-electron chi connectivity index (χ1n) is 12.2. The second-order valence-electron chi connectivity index (χ2n) is 9.75. The lowest BCUT2D eigenvalue weighted by Crippen LogP contribution is -2.59. The van der Waals surface area contributed by atoms with Crippen LogP contribution in [0.2, 0.25) is 10.0 Å². The molecule has 1 aliphatic heterocycles. The van der Waals surface area contributed by atoms with Gasteiger partial charge in [0, 0.05) is 35.5 Å². The number of amides is 2. The molecule has 0 aromatic heterocycles. The van der Waals surface area contributed by atoms with Gasteiger partial charge in [-0.3, -0.25) is 14.4 Å². The summed E-state index contributed by atoms with van der Waals surface area (Å²) in [5, 5.41) is 9.57. The van der Waals surface area contributed by atoms with Crippen molar-refractivity contribution in [1.29, 1.82) is 0 Å². The smallest absolute Gasteiger partial charge is 0.481 e. The molecule has 2 aromatic rings. The highest BCUT2D eigenvalue weighted by Gasteiger charge is 2.53. The summed E-state index contributed by atoms with van der Waals surface area (Å²) in [5.41, 5.74) is 1.28. The summed E-state index contributed by atoms with van der Waals surface area (Å²) >= 11 is 12.7. The molecule has 202 valence electrons. The first kappa shape index (κ1) is 26.6. The average molecular weight is 571 g/mol. The molecule has 0 bridgehead atoms. The third-order valence-electron chi connectivity index (χ3n) is 7.31. The number of alkyl halides is 3. The van der Waals surface area contributed by atoms with Crippen LogP contribution < -0.4 is 9.64 Å². The van der Waals surface area contributed by atoms with Gasteiger partial charge >= 0.3 is 12.3 Å². The minimum atomic E-state index is -4.85. The molecule has 0 unspecified atom stereocenters. The van der Waals surface area contributed by atoms with Crippen LogP contribution in [0.4, 0.5) is 18.9 Å². The quantitative estimate of drug-likeness (QED) is 0.426. The van der Waals surface area contributed by atoms with E-state index in [9.17, 15) is 27.6 Å². The molecule has 1 heterocycles. The summed E-state index contributed by atoms with van der Waals surface area (Å²) in [5.74, 6) is -2.30. The molecule has 0 radical (unpaired) electrons. The summed E-state index contributed by atoms with van der Waals surface area (Å²) in [6.45, 7) is 0. The van der Waals surface area contributed by atoms with Crippen LogP contribution in [-0.4, -0.2) is 46.2 Å².